The lowest BCUT2D eigenvalue weighted by atomic mass is 10.1. The number of carbonyl (C=O) groups is 2. The first kappa shape index (κ1) is 10.6. The van der Waals surface area contributed by atoms with Gasteiger partial charge in [-0.05, 0) is 12.3 Å². The molecule has 0 aromatic heterocycles. The van der Waals surface area contributed by atoms with Gasteiger partial charge >= 0.3 is 0 Å². The molecule has 0 radical (unpaired) electrons. The molecule has 0 saturated heterocycles. The molecule has 2 N–H and O–H groups in total. The Labute approximate surface area is 83.4 Å². The van der Waals surface area contributed by atoms with Gasteiger partial charge < -0.3 is 10.6 Å². The molecule has 1 rings (SSSR count). The predicted octanol–water partition coefficient (Wildman–Crippen LogP) is -0.350. The van der Waals surface area contributed by atoms with Gasteiger partial charge in [0.1, 0.15) is 6.04 Å². The molecule has 1 aliphatic rings. The van der Waals surface area contributed by atoms with Crippen LogP contribution in [0.15, 0.2) is 0 Å². The number of terminal acetylenes is 1. The van der Waals surface area contributed by atoms with Gasteiger partial charge in [0.25, 0.3) is 0 Å². The van der Waals surface area contributed by atoms with E-state index in [1.165, 1.54) is 0 Å². The van der Waals surface area contributed by atoms with Crippen molar-refractivity contribution >= 4 is 12.3 Å². The molecular formula is C10H14N2O2. The summed E-state index contributed by atoms with van der Waals surface area (Å²) in [5, 5.41) is 5.06. The predicted molar refractivity (Wildman–Crippen MR) is 52.2 cm³/mol. The Morgan fingerprint density at radius 3 is 2.86 bits per heavy atom. The van der Waals surface area contributed by atoms with Crippen molar-refractivity contribution in [2.24, 2.45) is 5.92 Å². The standard InChI is InChI=1S/C10H14N2O2/c1-2-5-11-10(14)9(12-7-13)6-8-3-4-8/h1,7-9H,3-6H2,(H,11,14)(H,12,13). The van der Waals surface area contributed by atoms with E-state index in [1.54, 1.807) is 0 Å². The zero-order valence-corrected chi connectivity index (χ0v) is 7.95. The van der Waals surface area contributed by atoms with Gasteiger partial charge in [0.05, 0.1) is 6.54 Å². The largest absolute Gasteiger partial charge is 0.347 e. The third-order valence-electron chi connectivity index (χ3n) is 2.22. The smallest absolute Gasteiger partial charge is 0.243 e. The molecule has 76 valence electrons. The first-order valence-electron chi connectivity index (χ1n) is 4.68. The third-order valence-corrected chi connectivity index (χ3v) is 2.22. The Morgan fingerprint density at radius 2 is 2.36 bits per heavy atom. The number of hydrogen-bond acceptors (Lipinski definition) is 2. The highest BCUT2D eigenvalue weighted by Gasteiger charge is 2.28. The summed E-state index contributed by atoms with van der Waals surface area (Å²) in [5.41, 5.74) is 0. The molecule has 0 bridgehead atoms. The summed E-state index contributed by atoms with van der Waals surface area (Å²) in [6.07, 6.45) is 8.59. The molecule has 14 heavy (non-hydrogen) atoms. The van der Waals surface area contributed by atoms with Crippen LogP contribution in [-0.4, -0.2) is 24.9 Å². The van der Waals surface area contributed by atoms with E-state index in [0.29, 0.717) is 12.3 Å². The minimum atomic E-state index is -0.423. The lowest BCUT2D eigenvalue weighted by Crippen LogP contribution is -2.44. The molecule has 1 fully saturated rings. The third kappa shape index (κ3) is 3.48. The molecule has 1 atom stereocenters. The normalized spacial score (nSPS) is 16.5. The SMILES string of the molecule is C#CCNC(=O)C(CC1CC1)NC=O. The van der Waals surface area contributed by atoms with Gasteiger partial charge in [-0.2, -0.15) is 0 Å². The van der Waals surface area contributed by atoms with Crippen molar-refractivity contribution in [3.8, 4) is 12.3 Å². The van der Waals surface area contributed by atoms with E-state index >= 15 is 0 Å². The highest BCUT2D eigenvalue weighted by molar-refractivity contribution is 5.83. The van der Waals surface area contributed by atoms with Gasteiger partial charge in [-0.3, -0.25) is 9.59 Å². The highest BCUT2D eigenvalue weighted by atomic mass is 16.2. The number of hydrogen-bond donors (Lipinski definition) is 2. The maximum Gasteiger partial charge on any atom is 0.243 e. The molecule has 0 aromatic carbocycles. The molecule has 4 heteroatoms. The van der Waals surface area contributed by atoms with Gasteiger partial charge in [0.15, 0.2) is 0 Å². The molecule has 0 heterocycles. The van der Waals surface area contributed by atoms with E-state index in [1.807, 2.05) is 0 Å². The topological polar surface area (TPSA) is 58.2 Å². The van der Waals surface area contributed by atoms with Gasteiger partial charge in [0, 0.05) is 0 Å². The van der Waals surface area contributed by atoms with Crippen LogP contribution >= 0.6 is 0 Å². The molecule has 1 saturated carbocycles. The maximum absolute atomic E-state index is 11.4. The van der Waals surface area contributed by atoms with E-state index in [4.69, 9.17) is 6.42 Å². The van der Waals surface area contributed by atoms with Gasteiger partial charge in [0.2, 0.25) is 12.3 Å². The van der Waals surface area contributed by atoms with Crippen LogP contribution in [0.1, 0.15) is 19.3 Å². The van der Waals surface area contributed by atoms with Crippen molar-refractivity contribution in [3.05, 3.63) is 0 Å². The lowest BCUT2D eigenvalue weighted by Gasteiger charge is -2.14. The molecule has 1 aliphatic carbocycles. The number of nitrogens with one attached hydrogen (secondary N) is 2. The molecule has 2 amide bonds. The molecule has 0 spiro atoms. The van der Waals surface area contributed by atoms with Crippen molar-refractivity contribution < 1.29 is 9.59 Å². The second-order valence-electron chi connectivity index (χ2n) is 3.44. The fraction of sp³-hybridized carbons (Fsp3) is 0.600. The summed E-state index contributed by atoms with van der Waals surface area (Å²) in [4.78, 5) is 21.7. The summed E-state index contributed by atoms with van der Waals surface area (Å²) in [7, 11) is 0. The van der Waals surface area contributed by atoms with Crippen LogP contribution in [0.4, 0.5) is 0 Å². The first-order valence-corrected chi connectivity index (χ1v) is 4.68. The van der Waals surface area contributed by atoms with E-state index in [9.17, 15) is 9.59 Å². The first-order chi connectivity index (χ1) is 6.77. The fourth-order valence-corrected chi connectivity index (χ4v) is 1.28. The molecule has 0 aromatic rings. The van der Waals surface area contributed by atoms with E-state index < -0.39 is 6.04 Å². The minimum absolute atomic E-state index is 0.193. The number of carbonyl (C=O) groups excluding carboxylic acids is 2. The Hall–Kier alpha value is -1.50. The van der Waals surface area contributed by atoms with Gasteiger partial charge in [-0.15, -0.1) is 6.42 Å². The van der Waals surface area contributed by atoms with Crippen molar-refractivity contribution in [1.82, 2.24) is 10.6 Å². The second-order valence-corrected chi connectivity index (χ2v) is 3.44. The van der Waals surface area contributed by atoms with Crippen molar-refractivity contribution in [2.75, 3.05) is 6.54 Å². The molecule has 1 unspecified atom stereocenters. The van der Waals surface area contributed by atoms with Crippen molar-refractivity contribution in [3.63, 3.8) is 0 Å². The number of amides is 2. The van der Waals surface area contributed by atoms with Crippen LogP contribution in [0, 0.1) is 18.3 Å². The average molecular weight is 194 g/mol. The van der Waals surface area contributed by atoms with E-state index in [0.717, 1.165) is 19.3 Å². The van der Waals surface area contributed by atoms with Crippen LogP contribution in [0.5, 0.6) is 0 Å². The average Bonchev–Trinajstić information content (AvgIpc) is 2.97. The monoisotopic (exact) mass is 194 g/mol. The van der Waals surface area contributed by atoms with Crippen LogP contribution in [0.3, 0.4) is 0 Å². The van der Waals surface area contributed by atoms with Crippen molar-refractivity contribution in [2.45, 2.75) is 25.3 Å². The van der Waals surface area contributed by atoms with E-state index in [2.05, 4.69) is 16.6 Å². The minimum Gasteiger partial charge on any atom is -0.347 e. The molecule has 4 nitrogen and oxygen atoms in total. The Kier molecular flexibility index (Phi) is 3.99. The summed E-state index contributed by atoms with van der Waals surface area (Å²) in [6.45, 7) is 0.209. The fourth-order valence-electron chi connectivity index (χ4n) is 1.28. The lowest BCUT2D eigenvalue weighted by molar-refractivity contribution is -0.125. The Balaban J connectivity index is 2.34. The van der Waals surface area contributed by atoms with Crippen molar-refractivity contribution in [1.29, 1.82) is 0 Å². The number of rotatable bonds is 6. The summed E-state index contributed by atoms with van der Waals surface area (Å²) in [5.74, 6) is 2.71. The zero-order chi connectivity index (χ0) is 10.4. The molecular weight excluding hydrogens is 180 g/mol. The van der Waals surface area contributed by atoms with E-state index in [-0.39, 0.29) is 12.5 Å². The Morgan fingerprint density at radius 1 is 1.64 bits per heavy atom. The molecule has 0 aliphatic heterocycles. The Bertz CT molecular complexity index is 253. The van der Waals surface area contributed by atoms with Crippen LogP contribution < -0.4 is 10.6 Å². The summed E-state index contributed by atoms with van der Waals surface area (Å²) in [6, 6.07) is -0.423. The van der Waals surface area contributed by atoms with Crippen LogP contribution in [0.25, 0.3) is 0 Å². The van der Waals surface area contributed by atoms with Crippen LogP contribution in [-0.2, 0) is 9.59 Å². The quantitative estimate of drug-likeness (QED) is 0.448. The van der Waals surface area contributed by atoms with Gasteiger partial charge in [-0.25, -0.2) is 0 Å². The zero-order valence-electron chi connectivity index (χ0n) is 7.95. The van der Waals surface area contributed by atoms with Gasteiger partial charge in [-0.1, -0.05) is 18.8 Å². The highest BCUT2D eigenvalue weighted by Crippen LogP contribution is 2.33. The maximum atomic E-state index is 11.4. The summed E-state index contributed by atoms with van der Waals surface area (Å²) < 4.78 is 0. The summed E-state index contributed by atoms with van der Waals surface area (Å²) >= 11 is 0. The van der Waals surface area contributed by atoms with Crippen LogP contribution in [0.2, 0.25) is 0 Å². The second kappa shape index (κ2) is 5.28.